The highest BCUT2D eigenvalue weighted by atomic mass is 16.5. The van der Waals surface area contributed by atoms with Crippen LogP contribution in [0.3, 0.4) is 0 Å². The molecule has 5 heteroatoms. The van der Waals surface area contributed by atoms with Gasteiger partial charge in [-0.25, -0.2) is 4.98 Å². The lowest BCUT2D eigenvalue weighted by molar-refractivity contribution is 0.0752. The lowest BCUT2D eigenvalue weighted by Gasteiger charge is -2.27. The summed E-state index contributed by atoms with van der Waals surface area (Å²) in [7, 11) is 0. The number of ether oxygens (including phenoxy) is 1. The van der Waals surface area contributed by atoms with Crippen LogP contribution in [-0.4, -0.2) is 40.5 Å². The van der Waals surface area contributed by atoms with Crippen LogP contribution in [0, 0.1) is 39.5 Å². The summed E-state index contributed by atoms with van der Waals surface area (Å²) in [4.78, 5) is 23.3. The molecular weight excluding hydrogens is 398 g/mol. The number of carbonyl (C=O) groups excluding carboxylic acids is 1. The smallest absolute Gasteiger partial charge is 0.254 e. The van der Waals surface area contributed by atoms with Gasteiger partial charge < -0.3 is 14.6 Å². The van der Waals surface area contributed by atoms with Crippen molar-refractivity contribution in [3.63, 3.8) is 0 Å². The molecule has 32 heavy (non-hydrogen) atoms. The molecule has 2 aliphatic carbocycles. The number of hydrogen-bond donors (Lipinski definition) is 1. The number of nitrogens with one attached hydrogen (secondary N) is 1. The van der Waals surface area contributed by atoms with E-state index in [1.165, 1.54) is 5.56 Å². The molecule has 5 nitrogen and oxygen atoms in total. The van der Waals surface area contributed by atoms with E-state index in [4.69, 9.17) is 4.74 Å². The third-order valence-electron chi connectivity index (χ3n) is 7.04. The van der Waals surface area contributed by atoms with Crippen molar-refractivity contribution in [1.29, 1.82) is 0 Å². The summed E-state index contributed by atoms with van der Waals surface area (Å²) < 4.78 is 6.06. The lowest BCUT2D eigenvalue weighted by Crippen LogP contribution is -2.35. The molecule has 1 N–H and O–H groups in total. The van der Waals surface area contributed by atoms with Crippen molar-refractivity contribution in [1.82, 2.24) is 14.9 Å². The summed E-state index contributed by atoms with van der Waals surface area (Å²) in [6.07, 6.45) is 11.1. The second kappa shape index (κ2) is 8.12. The Morgan fingerprint density at radius 1 is 1.03 bits per heavy atom. The molecule has 0 saturated carbocycles. The number of aryl methyl sites for hydroxylation is 4. The van der Waals surface area contributed by atoms with Crippen molar-refractivity contribution >= 4 is 18.1 Å². The zero-order valence-electron chi connectivity index (χ0n) is 19.4. The molecule has 0 spiro atoms. The minimum Gasteiger partial charge on any atom is -0.492 e. The average Bonchev–Trinajstić information content (AvgIpc) is 3.01. The Kier molecular flexibility index (Phi) is 5.28. The van der Waals surface area contributed by atoms with Crippen LogP contribution in [0.5, 0.6) is 0 Å². The van der Waals surface area contributed by atoms with Gasteiger partial charge in [-0.2, -0.15) is 0 Å². The molecule has 2 aromatic rings. The first-order valence-corrected chi connectivity index (χ1v) is 11.5. The maximum absolute atomic E-state index is 13.4. The molecule has 0 radical (unpaired) electrons. The number of carbonyl (C=O) groups is 1. The quantitative estimate of drug-likeness (QED) is 0.798. The van der Waals surface area contributed by atoms with Crippen LogP contribution >= 0.6 is 0 Å². The number of benzene rings is 1. The number of fused-ring (bicyclic) bond motifs is 2. The number of imidazole rings is 1. The third kappa shape index (κ3) is 3.81. The largest absolute Gasteiger partial charge is 0.492 e. The highest BCUT2D eigenvalue weighted by Crippen LogP contribution is 2.33. The Labute approximate surface area is 189 Å². The number of allylic oxidation sites excluding steroid dienone is 2. The Balaban J connectivity index is 1.40. The van der Waals surface area contributed by atoms with Gasteiger partial charge in [0.05, 0.1) is 17.2 Å². The monoisotopic (exact) mass is 429 g/mol. The van der Waals surface area contributed by atoms with Crippen molar-refractivity contribution in [2.45, 2.75) is 40.5 Å². The number of rotatable bonds is 2. The van der Waals surface area contributed by atoms with E-state index in [9.17, 15) is 4.79 Å². The van der Waals surface area contributed by atoms with Crippen molar-refractivity contribution in [3.8, 4) is 0 Å². The standard InChI is InChI=1S/C27H31N3O2/c1-16-11-18(3)23(12-17(16)2)27(31)30-9-10-32-26-8-6-20(13-22(26)15-30)21-5-7-24-25(14-21)29-19(4)28-24/h7-8,11-14,20-21H,5-6,9-10,15H2,1-4H3,(H,28,29). The Morgan fingerprint density at radius 3 is 2.62 bits per heavy atom. The Hall–Kier alpha value is -3.08. The van der Waals surface area contributed by atoms with E-state index in [1.807, 2.05) is 24.8 Å². The summed E-state index contributed by atoms with van der Waals surface area (Å²) in [5.74, 6) is 2.81. The van der Waals surface area contributed by atoms with Crippen LogP contribution in [0.15, 0.2) is 35.6 Å². The van der Waals surface area contributed by atoms with Crippen molar-refractivity contribution in [2.24, 2.45) is 11.8 Å². The fourth-order valence-corrected chi connectivity index (χ4v) is 5.09. The second-order valence-corrected chi connectivity index (χ2v) is 9.38. The van der Waals surface area contributed by atoms with Crippen LogP contribution in [-0.2, 0) is 4.74 Å². The van der Waals surface area contributed by atoms with Crippen molar-refractivity contribution in [2.75, 3.05) is 19.7 Å². The highest BCUT2D eigenvalue weighted by molar-refractivity contribution is 5.96. The summed E-state index contributed by atoms with van der Waals surface area (Å²) in [6.45, 7) is 9.91. The number of H-pyrrole nitrogens is 1. The minimum absolute atomic E-state index is 0.0913. The SMILES string of the molecule is Cc1nc2c([nH]1)=CC(C1C=C3CN(C(=O)c4cc(C)c(C)cc4C)CCOC3=CC1)CC=2. The summed E-state index contributed by atoms with van der Waals surface area (Å²) in [6, 6.07) is 4.14. The normalized spacial score (nSPS) is 22.3. The molecule has 1 amide bonds. The van der Waals surface area contributed by atoms with Gasteiger partial charge in [0.15, 0.2) is 0 Å². The molecule has 2 heterocycles. The summed E-state index contributed by atoms with van der Waals surface area (Å²) >= 11 is 0. The first kappa shape index (κ1) is 20.8. The Morgan fingerprint density at radius 2 is 1.78 bits per heavy atom. The lowest BCUT2D eigenvalue weighted by atomic mass is 9.81. The van der Waals surface area contributed by atoms with Gasteiger partial charge >= 0.3 is 0 Å². The van der Waals surface area contributed by atoms with Gasteiger partial charge in [-0.1, -0.05) is 24.3 Å². The zero-order chi connectivity index (χ0) is 22.4. The molecule has 2 atom stereocenters. The van der Waals surface area contributed by atoms with E-state index in [1.54, 1.807) is 0 Å². The van der Waals surface area contributed by atoms with Crippen LogP contribution in [0.4, 0.5) is 0 Å². The van der Waals surface area contributed by atoms with Gasteiger partial charge in [0.2, 0.25) is 0 Å². The van der Waals surface area contributed by atoms with E-state index in [0.29, 0.717) is 31.5 Å². The van der Waals surface area contributed by atoms with Gasteiger partial charge in [-0.05, 0) is 81.2 Å². The van der Waals surface area contributed by atoms with E-state index >= 15 is 0 Å². The van der Waals surface area contributed by atoms with E-state index in [2.05, 4.69) is 54.2 Å². The molecule has 5 rings (SSSR count). The second-order valence-electron chi connectivity index (χ2n) is 9.38. The van der Waals surface area contributed by atoms with Crippen molar-refractivity contribution in [3.05, 3.63) is 74.4 Å². The van der Waals surface area contributed by atoms with Crippen LogP contribution in [0.25, 0.3) is 12.2 Å². The van der Waals surface area contributed by atoms with Crippen LogP contribution in [0.1, 0.15) is 45.7 Å². The van der Waals surface area contributed by atoms with Crippen molar-refractivity contribution < 1.29 is 9.53 Å². The molecule has 1 aliphatic heterocycles. The number of aromatic amines is 1. The van der Waals surface area contributed by atoms with E-state index in [-0.39, 0.29) is 5.91 Å². The number of hydrogen-bond acceptors (Lipinski definition) is 3. The maximum atomic E-state index is 13.4. The van der Waals surface area contributed by atoms with Gasteiger partial charge in [0, 0.05) is 17.7 Å². The predicted octanol–water partition coefficient (Wildman–Crippen LogP) is 3.23. The predicted molar refractivity (Wildman–Crippen MR) is 126 cm³/mol. The summed E-state index contributed by atoms with van der Waals surface area (Å²) in [5, 5.41) is 2.20. The molecule has 1 aromatic heterocycles. The topological polar surface area (TPSA) is 58.2 Å². The summed E-state index contributed by atoms with van der Waals surface area (Å²) in [5.41, 5.74) is 5.34. The molecule has 1 saturated heterocycles. The van der Waals surface area contributed by atoms with Gasteiger partial charge in [0.25, 0.3) is 5.91 Å². The highest BCUT2D eigenvalue weighted by Gasteiger charge is 2.29. The van der Waals surface area contributed by atoms with Gasteiger partial charge in [0.1, 0.15) is 18.2 Å². The third-order valence-corrected chi connectivity index (χ3v) is 7.04. The molecule has 1 fully saturated rings. The molecule has 3 aliphatic rings. The molecule has 166 valence electrons. The minimum atomic E-state index is 0.0913. The molecule has 0 bridgehead atoms. The van der Waals surface area contributed by atoms with E-state index in [0.717, 1.165) is 57.4 Å². The number of nitrogens with zero attached hydrogens (tertiary/aromatic N) is 2. The number of aromatic nitrogens is 2. The van der Waals surface area contributed by atoms with Crippen LogP contribution < -0.4 is 10.7 Å². The molecule has 1 aromatic carbocycles. The first-order chi connectivity index (χ1) is 15.4. The molecule has 2 unspecified atom stereocenters. The fraction of sp³-hybridized carbons (Fsp3) is 0.407. The average molecular weight is 430 g/mol. The maximum Gasteiger partial charge on any atom is 0.254 e. The van der Waals surface area contributed by atoms with Gasteiger partial charge in [-0.3, -0.25) is 4.79 Å². The fourth-order valence-electron chi connectivity index (χ4n) is 5.09. The first-order valence-electron chi connectivity index (χ1n) is 11.5. The molecular formula is C27H31N3O2. The Bertz CT molecular complexity index is 1260. The number of amides is 1. The van der Waals surface area contributed by atoms with Gasteiger partial charge in [-0.15, -0.1) is 0 Å². The van der Waals surface area contributed by atoms with Crippen LogP contribution in [0.2, 0.25) is 0 Å². The van der Waals surface area contributed by atoms with E-state index < -0.39 is 0 Å². The zero-order valence-corrected chi connectivity index (χ0v) is 19.4.